The lowest BCUT2D eigenvalue weighted by atomic mass is 9.82. The van der Waals surface area contributed by atoms with E-state index in [4.69, 9.17) is 11.5 Å². The molecule has 0 saturated carbocycles. The van der Waals surface area contributed by atoms with Crippen LogP contribution >= 0.6 is 45.3 Å². The number of terminal acetylenes is 1. The second-order valence-corrected chi connectivity index (χ2v) is 23.6. The van der Waals surface area contributed by atoms with Gasteiger partial charge < -0.3 is 14.7 Å². The summed E-state index contributed by atoms with van der Waals surface area (Å²) in [4.78, 5) is 56.6. The summed E-state index contributed by atoms with van der Waals surface area (Å²) < 4.78 is 4.65. The number of carboxylic acids is 1. The Morgan fingerprint density at radius 2 is 0.932 bits per heavy atom. The number of ketones is 2. The number of benzene rings is 4. The monoisotopic (exact) mass is 1210 g/mol. The fourth-order valence-corrected chi connectivity index (χ4v) is 13.3. The number of hydrogen-bond acceptors (Lipinski definition) is 12. The van der Waals surface area contributed by atoms with Crippen molar-refractivity contribution in [1.82, 2.24) is 0 Å². The van der Waals surface area contributed by atoms with Gasteiger partial charge in [-0.2, -0.15) is 10.5 Å². The van der Waals surface area contributed by atoms with E-state index in [1.165, 1.54) is 34.3 Å². The summed E-state index contributed by atoms with van der Waals surface area (Å²) in [6, 6.07) is 49.8. The second-order valence-electron chi connectivity index (χ2n) is 19.2. The average molecular weight is 1210 g/mol. The lowest BCUT2D eigenvalue weighted by Gasteiger charge is -2.28. The van der Waals surface area contributed by atoms with Gasteiger partial charge in [-0.05, 0) is 237 Å². The first kappa shape index (κ1) is 60.8. The molecule has 1 aliphatic carbocycles. The molecule has 416 valence electrons. The number of carbonyl (C=O) groups is 4. The van der Waals surface area contributed by atoms with Gasteiger partial charge in [0.25, 0.3) is 6.47 Å². The van der Waals surface area contributed by atoms with Crippen LogP contribution in [0.3, 0.4) is 0 Å². The predicted molar refractivity (Wildman–Crippen MR) is 353 cm³/mol. The largest absolute Gasteiger partial charge is 0.481 e. The number of thiophene rings is 4. The van der Waals surface area contributed by atoms with E-state index in [1.807, 2.05) is 42.5 Å². The molecule has 9 rings (SSSR count). The number of carbonyl (C=O) groups excluding carboxylic acids is 3. The number of nitriles is 2. The maximum Gasteiger partial charge on any atom is 0.303 e. The molecule has 0 aliphatic heterocycles. The molecular weight excluding hydrogens is 1170 g/mol. The number of rotatable bonds is 18. The number of ether oxygens (including phenoxy) is 1. The summed E-state index contributed by atoms with van der Waals surface area (Å²) in [7, 11) is 0. The zero-order chi connectivity index (χ0) is 61.8. The molecule has 0 amide bonds. The summed E-state index contributed by atoms with van der Waals surface area (Å²) in [6.45, 7) is 4.65. The molecule has 0 spiro atoms. The van der Waals surface area contributed by atoms with E-state index in [0.29, 0.717) is 0 Å². The molecule has 0 bridgehead atoms. The molecule has 0 unspecified atom stereocenters. The fourth-order valence-electron chi connectivity index (χ4n) is 9.19. The molecule has 4 aromatic heterocycles. The van der Waals surface area contributed by atoms with Crippen molar-refractivity contribution in [3.8, 4) is 171 Å². The summed E-state index contributed by atoms with van der Waals surface area (Å²) in [6.07, 6.45) is 7.48. The van der Waals surface area contributed by atoms with Crippen LogP contribution in [0.15, 0.2) is 145 Å². The van der Waals surface area contributed by atoms with E-state index in [-0.39, 0.29) is 48.9 Å². The molecular formula is C75H41N3O6S4. The van der Waals surface area contributed by atoms with E-state index in [2.05, 4.69) is 227 Å². The molecule has 9 nitrogen and oxygen atoms in total. The van der Waals surface area contributed by atoms with Crippen LogP contribution in [-0.4, -0.2) is 35.7 Å². The van der Waals surface area contributed by atoms with Crippen LogP contribution in [0.5, 0.6) is 0 Å². The SMILES string of the molecule is C#CC#CC#CC#CC#CC#CC#CC#CC#Cc1ccc2c(c1)C(C)(C)c1cc(N(c3ccc(-c4ccc(-c5ccc(/C=C(\C#N)C(=O)CCOC=O)s5)s4)cc3)c3ccc(-c4ccc(-c5ccc(/C=C(\C#N)C(=O)CCC(=O)O)s5)s4)cc3)ccc1-2. The highest BCUT2D eigenvalue weighted by Crippen LogP contribution is 2.51. The van der Waals surface area contributed by atoms with Crippen molar-refractivity contribution in [2.24, 2.45) is 0 Å². The maximum absolute atomic E-state index is 12.6. The molecule has 0 fully saturated rings. The van der Waals surface area contributed by atoms with Gasteiger partial charge in [-0.3, -0.25) is 19.2 Å². The van der Waals surface area contributed by atoms with Crippen LogP contribution in [0.1, 0.15) is 59.6 Å². The number of Topliss-reactive ketones (excluding diaryl/α,β-unsaturated/α-hetero) is 2. The minimum atomic E-state index is -1.09. The topological polar surface area (TPSA) is 149 Å². The average Bonchev–Trinajstić information content (AvgIpc) is 1.64. The van der Waals surface area contributed by atoms with Crippen LogP contribution in [0.25, 0.3) is 63.7 Å². The van der Waals surface area contributed by atoms with E-state index < -0.39 is 17.5 Å². The Kier molecular flexibility index (Phi) is 20.2. The second kappa shape index (κ2) is 29.2. The first-order valence-electron chi connectivity index (χ1n) is 26.6. The number of hydrogen-bond donors (Lipinski definition) is 1. The Balaban J connectivity index is 0.975. The van der Waals surface area contributed by atoms with Crippen molar-refractivity contribution in [3.05, 3.63) is 171 Å². The highest BCUT2D eigenvalue weighted by Gasteiger charge is 2.36. The summed E-state index contributed by atoms with van der Waals surface area (Å²) in [5.74, 6) is 42.3. The zero-order valence-corrected chi connectivity index (χ0v) is 50.1. The van der Waals surface area contributed by atoms with E-state index in [1.54, 1.807) is 28.7 Å². The van der Waals surface area contributed by atoms with E-state index in [0.717, 1.165) is 89.5 Å². The molecule has 13 heteroatoms. The normalized spacial score (nSPS) is 10.9. The van der Waals surface area contributed by atoms with Gasteiger partial charge in [0.1, 0.15) is 12.1 Å². The van der Waals surface area contributed by atoms with Crippen molar-refractivity contribution in [1.29, 1.82) is 10.5 Å². The number of carboxylic acid groups (broad SMARTS) is 1. The Hall–Kier alpha value is -11.7. The van der Waals surface area contributed by atoms with Crippen LogP contribution < -0.4 is 4.90 Å². The van der Waals surface area contributed by atoms with Gasteiger partial charge in [0.05, 0.1) is 24.2 Å². The number of nitrogens with zero attached hydrogens (tertiary/aromatic N) is 3. The van der Waals surface area contributed by atoms with Gasteiger partial charge in [-0.25, -0.2) is 0 Å². The first-order chi connectivity index (χ1) is 42.9. The van der Waals surface area contributed by atoms with E-state index >= 15 is 0 Å². The van der Waals surface area contributed by atoms with Crippen molar-refractivity contribution in [2.45, 2.75) is 38.5 Å². The quantitative estimate of drug-likeness (QED) is 0.0291. The van der Waals surface area contributed by atoms with Crippen molar-refractivity contribution < 1.29 is 29.0 Å². The number of aliphatic carboxylic acids is 1. The van der Waals surface area contributed by atoms with Gasteiger partial charge in [-0.15, -0.1) is 51.8 Å². The van der Waals surface area contributed by atoms with Gasteiger partial charge >= 0.3 is 5.97 Å². The standard InChI is InChI=1S/C75H41N3O6S4/c1-4-5-6-7-8-9-10-11-12-13-14-15-16-17-18-19-20-52-21-33-62-63-34-30-59(48-65(63)75(2,3)64(62)45-52)78(57-26-22-53(23-27-57)68-38-40-72(87-68)70-36-31-60(85-70)46-55(49-76)66(80)35-42-74(82)83)58-28-24-54(25-29-58)69-39-41-73(88-69)71-37-32-61(86-71)47-56(50-77)67(81)43-44-84-51-79/h1,21-34,36-41,45-48,51H,35,42-44H2,2-3H3,(H,82,83)/b55-46+,56-47+. The predicted octanol–water partition coefficient (Wildman–Crippen LogP) is 14.8. The van der Waals surface area contributed by atoms with Gasteiger partial charge in [0.15, 0.2) is 11.6 Å². The molecule has 88 heavy (non-hydrogen) atoms. The highest BCUT2D eigenvalue weighted by molar-refractivity contribution is 7.24. The minimum Gasteiger partial charge on any atom is -0.481 e. The number of anilines is 3. The van der Waals surface area contributed by atoms with Gasteiger partial charge in [0.2, 0.25) is 0 Å². The molecule has 0 radical (unpaired) electrons. The number of allylic oxidation sites excluding steroid dienone is 2. The van der Waals surface area contributed by atoms with Crippen molar-refractivity contribution in [2.75, 3.05) is 11.5 Å². The van der Waals surface area contributed by atoms with Crippen molar-refractivity contribution in [3.63, 3.8) is 0 Å². The molecule has 1 N–H and O–H groups in total. The number of fused-ring (bicyclic) bond motifs is 3. The molecule has 0 saturated heterocycles. The smallest absolute Gasteiger partial charge is 0.303 e. The molecule has 4 aromatic carbocycles. The molecule has 4 heterocycles. The van der Waals surface area contributed by atoms with Crippen LogP contribution in [0.2, 0.25) is 0 Å². The van der Waals surface area contributed by atoms with Gasteiger partial charge in [0, 0.05) is 79.9 Å². The Bertz CT molecular complexity index is 4880. The van der Waals surface area contributed by atoms with E-state index in [9.17, 15) is 29.7 Å². The summed E-state index contributed by atoms with van der Waals surface area (Å²) >= 11 is 6.21. The summed E-state index contributed by atoms with van der Waals surface area (Å²) in [5, 5.41) is 28.4. The van der Waals surface area contributed by atoms with Crippen LogP contribution in [0, 0.1) is 130 Å². The fraction of sp³-hybridized carbons (Fsp3) is 0.0933. The van der Waals surface area contributed by atoms with Gasteiger partial charge in [-0.1, -0.05) is 56.2 Å². The maximum atomic E-state index is 12.6. The first-order valence-corrected chi connectivity index (χ1v) is 29.9. The Labute approximate surface area is 526 Å². The molecule has 8 aromatic rings. The van der Waals surface area contributed by atoms with Crippen LogP contribution in [0.4, 0.5) is 17.1 Å². The Morgan fingerprint density at radius 3 is 1.41 bits per heavy atom. The summed E-state index contributed by atoms with van der Waals surface area (Å²) in [5.41, 5.74) is 9.87. The third kappa shape index (κ3) is 15.1. The third-order valence-corrected chi connectivity index (χ3v) is 18.1. The van der Waals surface area contributed by atoms with Crippen LogP contribution in [-0.2, 0) is 29.3 Å². The van der Waals surface area contributed by atoms with Crippen molar-refractivity contribution >= 4 is 98.6 Å². The molecule has 0 atom stereocenters. The highest BCUT2D eigenvalue weighted by atomic mass is 32.1. The third-order valence-electron chi connectivity index (χ3n) is 13.3. The Morgan fingerprint density at radius 1 is 0.511 bits per heavy atom. The lowest BCUT2D eigenvalue weighted by Crippen LogP contribution is -2.16. The molecule has 1 aliphatic rings. The minimum absolute atomic E-state index is 0.00186. The zero-order valence-electron chi connectivity index (χ0n) is 46.8. The lowest BCUT2D eigenvalue weighted by molar-refractivity contribution is -0.138.